The molecule has 1 aliphatic heterocycles. The van der Waals surface area contributed by atoms with Crippen molar-refractivity contribution in [1.29, 1.82) is 0 Å². The Morgan fingerprint density at radius 3 is 2.80 bits per heavy atom. The lowest BCUT2D eigenvalue weighted by Gasteiger charge is -2.34. The van der Waals surface area contributed by atoms with E-state index in [4.69, 9.17) is 9.47 Å². The molecule has 0 saturated carbocycles. The third kappa shape index (κ3) is 3.73. The molecule has 1 amide bonds. The quantitative estimate of drug-likeness (QED) is 0.753. The Bertz CT molecular complexity index is 784. The number of aromatic nitrogens is 3. The highest BCUT2D eigenvalue weighted by molar-refractivity contribution is 9.10. The predicted molar refractivity (Wildman–Crippen MR) is 97.9 cm³/mol. The summed E-state index contributed by atoms with van der Waals surface area (Å²) >= 11 is 3.58. The number of amides is 1. The Morgan fingerprint density at radius 1 is 1.36 bits per heavy atom. The molecule has 0 aliphatic carbocycles. The average Bonchev–Trinajstić information content (AvgIpc) is 3.00. The Hall–Kier alpha value is -1.83. The molecule has 1 atom stereocenters. The number of rotatable bonds is 2. The molecule has 0 bridgehead atoms. The zero-order valence-corrected chi connectivity index (χ0v) is 16.5. The van der Waals surface area contributed by atoms with Crippen LogP contribution in [-0.4, -0.2) is 51.8 Å². The number of benzene rings is 1. The van der Waals surface area contributed by atoms with Crippen molar-refractivity contribution in [3.8, 4) is 5.75 Å². The molecule has 136 valence electrons. The number of ether oxygens (including phenoxy) is 2. The minimum Gasteiger partial charge on any atom is -0.494 e. The summed E-state index contributed by atoms with van der Waals surface area (Å²) in [4.78, 5) is 14.1. The van der Waals surface area contributed by atoms with Gasteiger partial charge in [0.1, 0.15) is 16.9 Å². The first-order valence-electron chi connectivity index (χ1n) is 8.35. The second kappa shape index (κ2) is 6.82. The monoisotopic (exact) mass is 410 g/mol. The van der Waals surface area contributed by atoms with Crippen LogP contribution in [0.3, 0.4) is 0 Å². The lowest BCUT2D eigenvalue weighted by molar-refractivity contribution is 0.0168. The van der Waals surface area contributed by atoms with Crippen molar-refractivity contribution < 1.29 is 14.3 Å². The summed E-state index contributed by atoms with van der Waals surface area (Å²) in [5, 5.41) is 8.61. The Morgan fingerprint density at radius 2 is 2.12 bits per heavy atom. The molecule has 1 aromatic heterocycles. The van der Waals surface area contributed by atoms with Crippen LogP contribution in [0.4, 0.5) is 4.79 Å². The van der Waals surface area contributed by atoms with Gasteiger partial charge in [-0.25, -0.2) is 9.48 Å². The molecule has 1 aromatic carbocycles. The van der Waals surface area contributed by atoms with E-state index < -0.39 is 5.60 Å². The van der Waals surface area contributed by atoms with Gasteiger partial charge in [-0.2, -0.15) is 0 Å². The Balaban J connectivity index is 1.87. The number of halogens is 1. The van der Waals surface area contributed by atoms with E-state index in [-0.39, 0.29) is 12.1 Å². The van der Waals surface area contributed by atoms with Gasteiger partial charge in [0.25, 0.3) is 0 Å². The first kappa shape index (κ1) is 18.0. The fourth-order valence-electron chi connectivity index (χ4n) is 3.06. The van der Waals surface area contributed by atoms with Gasteiger partial charge in [0.05, 0.1) is 13.2 Å². The third-order valence-corrected chi connectivity index (χ3v) is 4.79. The maximum atomic E-state index is 12.4. The van der Waals surface area contributed by atoms with Crippen molar-refractivity contribution in [2.24, 2.45) is 0 Å². The number of hydrogen-bond donors (Lipinski definition) is 0. The lowest BCUT2D eigenvalue weighted by atomic mass is 10.1. The third-order valence-electron chi connectivity index (χ3n) is 4.15. The van der Waals surface area contributed by atoms with Crippen LogP contribution in [0.15, 0.2) is 16.6 Å². The molecular weight excluding hydrogens is 388 g/mol. The van der Waals surface area contributed by atoms with E-state index in [0.29, 0.717) is 24.4 Å². The van der Waals surface area contributed by atoms with Crippen molar-refractivity contribution in [3.63, 3.8) is 0 Å². The molecule has 0 N–H and O–H groups in total. The van der Waals surface area contributed by atoms with Crippen LogP contribution in [0.5, 0.6) is 5.75 Å². The van der Waals surface area contributed by atoms with Gasteiger partial charge in [-0.3, -0.25) is 0 Å². The first-order chi connectivity index (χ1) is 11.8. The minimum absolute atomic E-state index is 0.0506. The van der Waals surface area contributed by atoms with Crippen LogP contribution in [0, 0.1) is 0 Å². The number of nitrogens with zero attached hydrogens (tertiary/aromatic N) is 4. The first-order valence-corrected chi connectivity index (χ1v) is 9.15. The van der Waals surface area contributed by atoms with Crippen molar-refractivity contribution in [2.45, 2.75) is 45.3 Å². The molecule has 25 heavy (non-hydrogen) atoms. The van der Waals surface area contributed by atoms with E-state index in [1.54, 1.807) is 12.0 Å². The van der Waals surface area contributed by atoms with Gasteiger partial charge in [0.2, 0.25) is 0 Å². The molecular formula is C17H23BrN4O3. The van der Waals surface area contributed by atoms with Gasteiger partial charge in [0, 0.05) is 17.6 Å². The highest BCUT2D eigenvalue weighted by atomic mass is 79.9. The van der Waals surface area contributed by atoms with E-state index >= 15 is 0 Å². The van der Waals surface area contributed by atoms with Crippen LogP contribution in [0.25, 0.3) is 11.0 Å². The maximum Gasteiger partial charge on any atom is 0.410 e. The lowest BCUT2D eigenvalue weighted by Crippen LogP contribution is -2.43. The molecule has 3 rings (SSSR count). The molecule has 2 heterocycles. The van der Waals surface area contributed by atoms with E-state index in [0.717, 1.165) is 22.8 Å². The maximum absolute atomic E-state index is 12.4. The Labute approximate surface area is 155 Å². The van der Waals surface area contributed by atoms with Gasteiger partial charge >= 0.3 is 6.09 Å². The van der Waals surface area contributed by atoms with E-state index in [2.05, 4.69) is 26.2 Å². The number of likely N-dealkylation sites (tertiary alicyclic amines) is 1. The number of carbonyl (C=O) groups is 1. The number of fused-ring (bicyclic) bond motifs is 1. The Kier molecular flexibility index (Phi) is 4.90. The summed E-state index contributed by atoms with van der Waals surface area (Å²) in [5.74, 6) is 0.684. The van der Waals surface area contributed by atoms with E-state index in [1.807, 2.05) is 37.6 Å². The second-order valence-corrected chi connectivity index (χ2v) is 8.06. The zero-order valence-electron chi connectivity index (χ0n) is 15.0. The summed E-state index contributed by atoms with van der Waals surface area (Å²) in [5.41, 5.74) is 1.10. The number of carbonyl (C=O) groups excluding carboxylic acids is 1. The molecule has 1 unspecified atom stereocenters. The summed E-state index contributed by atoms with van der Waals surface area (Å²) in [6, 6.07) is 3.84. The normalized spacial score (nSPS) is 18.4. The number of piperidine rings is 1. The smallest absolute Gasteiger partial charge is 0.410 e. The van der Waals surface area contributed by atoms with Crippen molar-refractivity contribution in [3.05, 3.63) is 16.6 Å². The molecule has 0 radical (unpaired) electrons. The fourth-order valence-corrected chi connectivity index (χ4v) is 3.56. The highest BCUT2D eigenvalue weighted by Crippen LogP contribution is 2.33. The zero-order chi connectivity index (χ0) is 18.2. The number of hydrogen-bond acceptors (Lipinski definition) is 5. The molecule has 1 saturated heterocycles. The van der Waals surface area contributed by atoms with Gasteiger partial charge in [0.15, 0.2) is 5.52 Å². The van der Waals surface area contributed by atoms with Crippen LogP contribution >= 0.6 is 15.9 Å². The fraction of sp³-hybridized carbons (Fsp3) is 0.588. The number of methoxy groups -OCH3 is 1. The van der Waals surface area contributed by atoms with Crippen LogP contribution in [-0.2, 0) is 4.74 Å². The molecule has 1 aliphatic rings. The van der Waals surface area contributed by atoms with Crippen molar-refractivity contribution in [2.75, 3.05) is 20.2 Å². The van der Waals surface area contributed by atoms with Crippen LogP contribution < -0.4 is 4.74 Å². The summed E-state index contributed by atoms with van der Waals surface area (Å²) < 4.78 is 13.7. The van der Waals surface area contributed by atoms with E-state index in [1.165, 1.54) is 0 Å². The standard InChI is InChI=1S/C17H23BrN4O3/c1-17(2,3)25-16(23)21-9-5-6-11(10-21)22-15-12(18)7-8-13(24-4)14(15)19-20-22/h7-8,11H,5-6,9-10H2,1-4H3. The SMILES string of the molecule is COc1ccc(Br)c2c1nnn2C1CCCN(C(=O)OC(C)(C)C)C1. The highest BCUT2D eigenvalue weighted by Gasteiger charge is 2.30. The average molecular weight is 411 g/mol. The molecule has 2 aromatic rings. The van der Waals surface area contributed by atoms with Crippen LogP contribution in [0.1, 0.15) is 39.7 Å². The van der Waals surface area contributed by atoms with Crippen LogP contribution in [0.2, 0.25) is 0 Å². The van der Waals surface area contributed by atoms with E-state index in [9.17, 15) is 4.79 Å². The minimum atomic E-state index is -0.500. The predicted octanol–water partition coefficient (Wildman–Crippen LogP) is 3.77. The van der Waals surface area contributed by atoms with Gasteiger partial charge in [-0.1, -0.05) is 5.21 Å². The summed E-state index contributed by atoms with van der Waals surface area (Å²) in [6.45, 7) is 6.88. The summed E-state index contributed by atoms with van der Waals surface area (Å²) in [7, 11) is 1.62. The molecule has 7 nitrogen and oxygen atoms in total. The molecule has 0 spiro atoms. The largest absolute Gasteiger partial charge is 0.494 e. The molecule has 8 heteroatoms. The van der Waals surface area contributed by atoms with Gasteiger partial charge in [-0.15, -0.1) is 5.10 Å². The topological polar surface area (TPSA) is 69.5 Å². The van der Waals surface area contributed by atoms with Crippen molar-refractivity contribution >= 4 is 33.1 Å². The second-order valence-electron chi connectivity index (χ2n) is 7.20. The van der Waals surface area contributed by atoms with Crippen molar-refractivity contribution in [1.82, 2.24) is 19.9 Å². The van der Waals surface area contributed by atoms with Gasteiger partial charge < -0.3 is 14.4 Å². The molecule has 1 fully saturated rings. The summed E-state index contributed by atoms with van der Waals surface area (Å²) in [6.07, 6.45) is 1.55. The van der Waals surface area contributed by atoms with Gasteiger partial charge in [-0.05, 0) is 61.7 Å².